The Labute approximate surface area is 174 Å². The first-order valence-electron chi connectivity index (χ1n) is 9.78. The van der Waals surface area contributed by atoms with Gasteiger partial charge in [0.15, 0.2) is 5.96 Å². The van der Waals surface area contributed by atoms with E-state index in [2.05, 4.69) is 53.7 Å². The first-order chi connectivity index (χ1) is 12.1. The summed E-state index contributed by atoms with van der Waals surface area (Å²) >= 11 is 0. The summed E-state index contributed by atoms with van der Waals surface area (Å²) in [7, 11) is 1.87. The van der Waals surface area contributed by atoms with Crippen molar-refractivity contribution in [1.82, 2.24) is 10.6 Å². The van der Waals surface area contributed by atoms with Gasteiger partial charge in [-0.05, 0) is 36.8 Å². The van der Waals surface area contributed by atoms with E-state index in [-0.39, 0.29) is 29.4 Å². The molecule has 26 heavy (non-hydrogen) atoms. The molecule has 4 rings (SSSR count). The number of fused-ring (bicyclic) bond motifs is 2. The van der Waals surface area contributed by atoms with Crippen molar-refractivity contribution in [1.29, 1.82) is 0 Å². The van der Waals surface area contributed by atoms with Crippen molar-refractivity contribution in [2.75, 3.05) is 20.2 Å². The van der Waals surface area contributed by atoms with Gasteiger partial charge in [-0.3, -0.25) is 4.99 Å². The number of nitrogens with zero attached hydrogens (tertiary/aromatic N) is 1. The maximum atomic E-state index is 6.02. The molecule has 1 heterocycles. The van der Waals surface area contributed by atoms with Gasteiger partial charge in [0.05, 0.1) is 6.10 Å². The third-order valence-electron chi connectivity index (χ3n) is 6.62. The van der Waals surface area contributed by atoms with Gasteiger partial charge >= 0.3 is 0 Å². The molecular formula is C21H32IN3O. The molecule has 1 aromatic rings. The normalized spacial score (nSPS) is 31.9. The molecule has 2 fully saturated rings. The monoisotopic (exact) mass is 469 g/mol. The minimum absolute atomic E-state index is 0. The number of nitrogens with one attached hydrogen (secondary N) is 2. The summed E-state index contributed by atoms with van der Waals surface area (Å²) in [4.78, 5) is 4.48. The molecule has 4 unspecified atom stereocenters. The third kappa shape index (κ3) is 3.49. The molecular weight excluding hydrogens is 437 g/mol. The second-order valence-electron chi connectivity index (χ2n) is 8.43. The number of benzene rings is 1. The molecule has 0 bridgehead atoms. The van der Waals surface area contributed by atoms with E-state index < -0.39 is 0 Å². The van der Waals surface area contributed by atoms with E-state index in [9.17, 15) is 0 Å². The lowest BCUT2D eigenvalue weighted by atomic mass is 9.55. The van der Waals surface area contributed by atoms with Gasteiger partial charge in [-0.1, -0.05) is 38.1 Å². The second kappa shape index (κ2) is 8.05. The lowest BCUT2D eigenvalue weighted by Crippen LogP contribution is -2.71. The first kappa shape index (κ1) is 19.9. The van der Waals surface area contributed by atoms with Crippen LogP contribution in [0.1, 0.15) is 50.2 Å². The van der Waals surface area contributed by atoms with Crippen LogP contribution in [0.4, 0.5) is 0 Å². The van der Waals surface area contributed by atoms with Crippen molar-refractivity contribution in [3.05, 3.63) is 35.4 Å². The van der Waals surface area contributed by atoms with Crippen LogP contribution >= 0.6 is 24.0 Å². The smallest absolute Gasteiger partial charge is 0.191 e. The predicted octanol–water partition coefficient (Wildman–Crippen LogP) is 3.70. The molecule has 1 saturated carbocycles. The van der Waals surface area contributed by atoms with Crippen molar-refractivity contribution >= 4 is 29.9 Å². The van der Waals surface area contributed by atoms with Crippen molar-refractivity contribution in [2.24, 2.45) is 16.3 Å². The Balaban J connectivity index is 0.00000196. The van der Waals surface area contributed by atoms with Gasteiger partial charge in [-0.25, -0.2) is 0 Å². The largest absolute Gasteiger partial charge is 0.377 e. The van der Waals surface area contributed by atoms with Gasteiger partial charge in [0.1, 0.15) is 0 Å². The highest BCUT2D eigenvalue weighted by Crippen LogP contribution is 2.51. The molecule has 1 saturated heterocycles. The van der Waals surface area contributed by atoms with Crippen LogP contribution in [-0.2, 0) is 11.2 Å². The van der Waals surface area contributed by atoms with Crippen LogP contribution in [0.25, 0.3) is 0 Å². The molecule has 1 aliphatic heterocycles. The number of aryl methyl sites for hydroxylation is 1. The molecule has 2 aliphatic carbocycles. The summed E-state index contributed by atoms with van der Waals surface area (Å²) in [5, 5.41) is 7.28. The Bertz CT molecular complexity index is 660. The van der Waals surface area contributed by atoms with Crippen LogP contribution in [0, 0.1) is 11.3 Å². The standard InChI is InChI=1S/C21H31N3O.HI/c1-21(2)18(17-9-6-12-25-19(17)21)24-20(22-3)23-13-15-11-10-14-7-4-5-8-16(14)15;/h4-5,7-8,15,17-19H,6,9-13H2,1-3H3,(H2,22,23,24);1H. The lowest BCUT2D eigenvalue weighted by molar-refractivity contribution is -0.188. The van der Waals surface area contributed by atoms with Crippen LogP contribution in [0.2, 0.25) is 0 Å². The van der Waals surface area contributed by atoms with Crippen molar-refractivity contribution in [3.8, 4) is 0 Å². The zero-order valence-electron chi connectivity index (χ0n) is 16.1. The summed E-state index contributed by atoms with van der Waals surface area (Å²) < 4.78 is 6.02. The summed E-state index contributed by atoms with van der Waals surface area (Å²) in [6.07, 6.45) is 5.28. The van der Waals surface area contributed by atoms with Gasteiger partial charge < -0.3 is 15.4 Å². The minimum atomic E-state index is 0. The Morgan fingerprint density at radius 1 is 1.27 bits per heavy atom. The van der Waals surface area contributed by atoms with Crippen LogP contribution in [0.5, 0.6) is 0 Å². The average molecular weight is 469 g/mol. The maximum absolute atomic E-state index is 6.02. The van der Waals surface area contributed by atoms with Gasteiger partial charge in [0.25, 0.3) is 0 Å². The Kier molecular flexibility index (Phi) is 6.17. The minimum Gasteiger partial charge on any atom is -0.377 e. The van der Waals surface area contributed by atoms with Crippen molar-refractivity contribution in [2.45, 2.75) is 57.6 Å². The number of guanidine groups is 1. The molecule has 144 valence electrons. The molecule has 0 aromatic heterocycles. The Morgan fingerprint density at radius 3 is 2.88 bits per heavy atom. The van der Waals surface area contributed by atoms with E-state index in [1.807, 2.05) is 7.05 Å². The number of halogens is 1. The topological polar surface area (TPSA) is 45.7 Å². The van der Waals surface area contributed by atoms with Crippen LogP contribution in [0.3, 0.4) is 0 Å². The predicted molar refractivity (Wildman–Crippen MR) is 117 cm³/mol. The third-order valence-corrected chi connectivity index (χ3v) is 6.62. The number of ether oxygens (including phenoxy) is 1. The highest BCUT2D eigenvalue weighted by Gasteiger charge is 2.58. The highest BCUT2D eigenvalue weighted by atomic mass is 127. The fourth-order valence-electron chi connectivity index (χ4n) is 5.23. The van der Waals surface area contributed by atoms with E-state index in [0.29, 0.717) is 24.0 Å². The van der Waals surface area contributed by atoms with E-state index >= 15 is 0 Å². The molecule has 4 atom stereocenters. The SMILES string of the molecule is CN=C(NCC1CCc2ccccc21)NC1C2CCCOC2C1(C)C.I. The van der Waals surface area contributed by atoms with Crippen LogP contribution in [-0.4, -0.2) is 38.3 Å². The molecule has 0 radical (unpaired) electrons. The summed E-state index contributed by atoms with van der Waals surface area (Å²) in [6.45, 7) is 6.51. The molecule has 0 spiro atoms. The fraction of sp³-hybridized carbons (Fsp3) is 0.667. The van der Waals surface area contributed by atoms with E-state index in [1.165, 1.54) is 36.8 Å². The van der Waals surface area contributed by atoms with Gasteiger partial charge in [-0.2, -0.15) is 0 Å². The quantitative estimate of drug-likeness (QED) is 0.403. The van der Waals surface area contributed by atoms with Gasteiger partial charge in [0.2, 0.25) is 0 Å². The Hall–Kier alpha value is -0.820. The maximum Gasteiger partial charge on any atom is 0.191 e. The highest BCUT2D eigenvalue weighted by molar-refractivity contribution is 14.0. The molecule has 5 heteroatoms. The average Bonchev–Trinajstić information content (AvgIpc) is 3.05. The summed E-state index contributed by atoms with van der Waals surface area (Å²) in [5.74, 6) is 2.15. The van der Waals surface area contributed by atoms with Crippen molar-refractivity contribution < 1.29 is 4.74 Å². The number of hydrogen-bond donors (Lipinski definition) is 2. The van der Waals surface area contributed by atoms with E-state index in [0.717, 1.165) is 19.1 Å². The molecule has 0 amide bonds. The first-order valence-corrected chi connectivity index (χ1v) is 9.78. The number of aliphatic imine (C=N–C) groups is 1. The lowest BCUT2D eigenvalue weighted by Gasteiger charge is -2.60. The zero-order chi connectivity index (χ0) is 17.4. The molecule has 3 aliphatic rings. The summed E-state index contributed by atoms with van der Waals surface area (Å²) in [5.41, 5.74) is 3.19. The van der Waals surface area contributed by atoms with Crippen LogP contribution < -0.4 is 10.6 Å². The van der Waals surface area contributed by atoms with E-state index in [1.54, 1.807) is 0 Å². The zero-order valence-corrected chi connectivity index (χ0v) is 18.5. The van der Waals surface area contributed by atoms with E-state index in [4.69, 9.17) is 4.74 Å². The van der Waals surface area contributed by atoms with Crippen molar-refractivity contribution in [3.63, 3.8) is 0 Å². The van der Waals surface area contributed by atoms with Gasteiger partial charge in [0, 0.05) is 43.5 Å². The second-order valence-corrected chi connectivity index (χ2v) is 8.43. The molecule has 2 N–H and O–H groups in total. The molecule has 1 aromatic carbocycles. The van der Waals surface area contributed by atoms with Crippen LogP contribution in [0.15, 0.2) is 29.3 Å². The number of rotatable bonds is 3. The molecule has 4 nitrogen and oxygen atoms in total. The Morgan fingerprint density at radius 2 is 2.08 bits per heavy atom. The van der Waals surface area contributed by atoms with Gasteiger partial charge in [-0.15, -0.1) is 24.0 Å². The fourth-order valence-corrected chi connectivity index (χ4v) is 5.23. The number of hydrogen-bond acceptors (Lipinski definition) is 2. The summed E-state index contributed by atoms with van der Waals surface area (Å²) in [6, 6.07) is 9.30.